The second kappa shape index (κ2) is 10.1. The van der Waals surface area contributed by atoms with Gasteiger partial charge in [-0.15, -0.1) is 0 Å². The Hall–Kier alpha value is -1.80. The van der Waals surface area contributed by atoms with Crippen LogP contribution in [0.5, 0.6) is 0 Å². The van der Waals surface area contributed by atoms with Gasteiger partial charge in [-0.25, -0.2) is 0 Å². The number of nitrogens with zero attached hydrogens (tertiary/aromatic N) is 2. The van der Waals surface area contributed by atoms with Gasteiger partial charge in [0.15, 0.2) is 0 Å². The molecule has 0 spiro atoms. The van der Waals surface area contributed by atoms with Crippen molar-refractivity contribution in [2.75, 3.05) is 13.1 Å². The first-order valence-corrected chi connectivity index (χ1v) is 9.03. The third kappa shape index (κ3) is 4.14. The Labute approximate surface area is 141 Å². The molecule has 23 heavy (non-hydrogen) atoms. The lowest BCUT2D eigenvalue weighted by Gasteiger charge is -2.20. The Morgan fingerprint density at radius 1 is 0.696 bits per heavy atom. The van der Waals surface area contributed by atoms with Gasteiger partial charge in [0.1, 0.15) is 0 Å². The summed E-state index contributed by atoms with van der Waals surface area (Å²) in [6.07, 6.45) is 0. The highest BCUT2D eigenvalue weighted by atomic mass is 15.2. The van der Waals surface area contributed by atoms with Crippen molar-refractivity contribution in [1.29, 1.82) is 0 Å². The maximum atomic E-state index is 2.44. The summed E-state index contributed by atoms with van der Waals surface area (Å²) < 4.78 is 2.43. The van der Waals surface area contributed by atoms with Crippen molar-refractivity contribution in [1.82, 2.24) is 9.47 Å². The van der Waals surface area contributed by atoms with Crippen LogP contribution in [0.2, 0.25) is 0 Å². The van der Waals surface area contributed by atoms with Crippen LogP contribution in [0.3, 0.4) is 0 Å². The molecular weight excluding hydrogens is 280 g/mol. The Morgan fingerprint density at radius 2 is 1.09 bits per heavy atom. The van der Waals surface area contributed by atoms with Crippen LogP contribution in [-0.2, 0) is 6.67 Å². The first kappa shape index (κ1) is 19.2. The molecule has 0 atom stereocenters. The van der Waals surface area contributed by atoms with Gasteiger partial charge in [-0.1, -0.05) is 77.9 Å². The topological polar surface area (TPSA) is 8.17 Å². The fourth-order valence-corrected chi connectivity index (χ4v) is 2.78. The van der Waals surface area contributed by atoms with Crippen molar-refractivity contribution >= 4 is 21.8 Å². The normalized spacial score (nSPS) is 10.2. The summed E-state index contributed by atoms with van der Waals surface area (Å²) in [5, 5.41) is 2.70. The fourth-order valence-electron chi connectivity index (χ4n) is 2.78. The quantitative estimate of drug-likeness (QED) is 0.561. The zero-order valence-corrected chi connectivity index (χ0v) is 15.6. The van der Waals surface area contributed by atoms with E-state index in [1.54, 1.807) is 0 Å². The lowest BCUT2D eigenvalue weighted by Crippen LogP contribution is -2.25. The second-order valence-electron chi connectivity index (χ2n) is 4.91. The molecule has 0 aliphatic heterocycles. The third-order valence-corrected chi connectivity index (χ3v) is 3.92. The van der Waals surface area contributed by atoms with Crippen LogP contribution in [0.25, 0.3) is 21.8 Å². The molecule has 0 aliphatic rings. The molecule has 1 heterocycles. The summed E-state index contributed by atoms with van der Waals surface area (Å²) in [6, 6.07) is 17.4. The van der Waals surface area contributed by atoms with Crippen molar-refractivity contribution in [2.24, 2.45) is 0 Å². The summed E-state index contributed by atoms with van der Waals surface area (Å²) in [7, 11) is 0. The fraction of sp³-hybridized carbons (Fsp3) is 0.429. The van der Waals surface area contributed by atoms with Gasteiger partial charge in [0.25, 0.3) is 0 Å². The second-order valence-corrected chi connectivity index (χ2v) is 4.91. The highest BCUT2D eigenvalue weighted by molar-refractivity contribution is 6.07. The number of benzene rings is 2. The van der Waals surface area contributed by atoms with E-state index in [1.165, 1.54) is 21.8 Å². The minimum absolute atomic E-state index is 0.959. The van der Waals surface area contributed by atoms with Crippen LogP contribution >= 0.6 is 0 Å². The molecule has 0 aliphatic carbocycles. The highest BCUT2D eigenvalue weighted by Gasteiger charge is 2.10. The molecule has 0 N–H and O–H groups in total. The van der Waals surface area contributed by atoms with Crippen LogP contribution in [0.4, 0.5) is 0 Å². The zero-order chi connectivity index (χ0) is 17.2. The number of fused-ring (bicyclic) bond motifs is 3. The molecule has 0 saturated heterocycles. The zero-order valence-electron chi connectivity index (χ0n) is 15.6. The van der Waals surface area contributed by atoms with Gasteiger partial charge in [-0.3, -0.25) is 4.90 Å². The van der Waals surface area contributed by atoms with Crippen LogP contribution in [0.1, 0.15) is 41.5 Å². The molecule has 0 unspecified atom stereocenters. The van der Waals surface area contributed by atoms with Crippen molar-refractivity contribution < 1.29 is 0 Å². The number of hydrogen-bond donors (Lipinski definition) is 0. The van der Waals surface area contributed by atoms with Gasteiger partial charge in [-0.05, 0) is 25.2 Å². The van der Waals surface area contributed by atoms with Gasteiger partial charge in [0.05, 0.1) is 17.7 Å². The number of rotatable bonds is 4. The minimum atomic E-state index is 0.959. The average molecular weight is 313 g/mol. The van der Waals surface area contributed by atoms with Crippen LogP contribution in [0.15, 0.2) is 48.5 Å². The molecule has 126 valence electrons. The molecule has 0 radical (unpaired) electrons. The highest BCUT2D eigenvalue weighted by Crippen LogP contribution is 2.28. The van der Waals surface area contributed by atoms with Crippen molar-refractivity contribution in [3.8, 4) is 0 Å². The molecule has 0 amide bonds. The molecule has 0 bridgehead atoms. The lowest BCUT2D eigenvalue weighted by molar-refractivity contribution is 0.249. The summed E-state index contributed by atoms with van der Waals surface area (Å²) in [5.74, 6) is 0. The van der Waals surface area contributed by atoms with E-state index in [1.807, 2.05) is 27.7 Å². The predicted molar refractivity (Wildman–Crippen MR) is 105 cm³/mol. The van der Waals surface area contributed by atoms with E-state index in [4.69, 9.17) is 0 Å². The maximum Gasteiger partial charge on any atom is 0.0756 e. The maximum absolute atomic E-state index is 2.44. The summed E-state index contributed by atoms with van der Waals surface area (Å²) in [5.41, 5.74) is 2.66. The number of para-hydroxylation sites is 2. The lowest BCUT2D eigenvalue weighted by atomic mass is 10.2. The molecular formula is C21H32N2. The van der Waals surface area contributed by atoms with Gasteiger partial charge in [0, 0.05) is 10.8 Å². The first-order valence-electron chi connectivity index (χ1n) is 9.03. The van der Waals surface area contributed by atoms with Gasteiger partial charge >= 0.3 is 0 Å². The summed E-state index contributed by atoms with van der Waals surface area (Å²) >= 11 is 0. The molecule has 1 aromatic heterocycles. The summed E-state index contributed by atoms with van der Waals surface area (Å²) in [6.45, 7) is 15.6. The largest absolute Gasteiger partial charge is 0.327 e. The van der Waals surface area contributed by atoms with Crippen LogP contribution in [0, 0.1) is 0 Å². The van der Waals surface area contributed by atoms with E-state index in [9.17, 15) is 0 Å². The Morgan fingerprint density at radius 3 is 1.48 bits per heavy atom. The van der Waals surface area contributed by atoms with E-state index in [0.717, 1.165) is 19.8 Å². The predicted octanol–water partition coefficient (Wildman–Crippen LogP) is 6.15. The van der Waals surface area contributed by atoms with E-state index in [0.29, 0.717) is 0 Å². The molecule has 3 rings (SSSR count). The number of hydrogen-bond acceptors (Lipinski definition) is 1. The first-order chi connectivity index (χ1) is 11.3. The van der Waals surface area contributed by atoms with E-state index >= 15 is 0 Å². The molecule has 0 fully saturated rings. The standard InChI is InChI=1S/C17H20N2.2C2H6/c1-3-18(4-2)13-19-16-11-7-5-9-14(16)15-10-6-8-12-17(15)19;2*1-2/h5-12H,3-4,13H2,1-2H3;2*1-2H3. The van der Waals surface area contributed by atoms with E-state index < -0.39 is 0 Å². The summed E-state index contributed by atoms with van der Waals surface area (Å²) in [4.78, 5) is 2.44. The van der Waals surface area contributed by atoms with Crippen LogP contribution in [-0.4, -0.2) is 22.6 Å². The Kier molecular flexibility index (Phi) is 8.42. The third-order valence-electron chi connectivity index (χ3n) is 3.92. The van der Waals surface area contributed by atoms with Gasteiger partial charge in [-0.2, -0.15) is 0 Å². The van der Waals surface area contributed by atoms with Crippen LogP contribution < -0.4 is 0 Å². The monoisotopic (exact) mass is 312 g/mol. The molecule has 2 nitrogen and oxygen atoms in total. The van der Waals surface area contributed by atoms with Crippen molar-refractivity contribution in [2.45, 2.75) is 48.2 Å². The van der Waals surface area contributed by atoms with Crippen molar-refractivity contribution in [3.63, 3.8) is 0 Å². The van der Waals surface area contributed by atoms with Crippen molar-refractivity contribution in [3.05, 3.63) is 48.5 Å². The minimum Gasteiger partial charge on any atom is -0.327 e. The molecule has 0 saturated carbocycles. The molecule has 3 aromatic rings. The van der Waals surface area contributed by atoms with E-state index in [-0.39, 0.29) is 0 Å². The molecule has 2 aromatic carbocycles. The average Bonchev–Trinajstić information content (AvgIpc) is 2.97. The van der Waals surface area contributed by atoms with Gasteiger partial charge < -0.3 is 4.57 Å². The Bertz CT molecular complexity index is 640. The van der Waals surface area contributed by atoms with E-state index in [2.05, 4.69) is 71.8 Å². The smallest absolute Gasteiger partial charge is 0.0756 e. The SMILES string of the molecule is CC.CC.CCN(CC)Cn1c2ccccc2c2ccccc21. The molecule has 2 heteroatoms. The Balaban J connectivity index is 0.000000615. The number of aromatic nitrogens is 1. The van der Waals surface area contributed by atoms with Gasteiger partial charge in [0.2, 0.25) is 0 Å².